The maximum Gasteiger partial charge on any atom is 0.294 e. The molecule has 2 aromatic rings. The van der Waals surface area contributed by atoms with Crippen molar-refractivity contribution in [3.05, 3.63) is 70.4 Å². The molecule has 1 fully saturated rings. The van der Waals surface area contributed by atoms with Gasteiger partial charge in [0, 0.05) is 12.1 Å². The van der Waals surface area contributed by atoms with E-state index in [1.165, 1.54) is 12.1 Å². The quantitative estimate of drug-likeness (QED) is 0.461. The summed E-state index contributed by atoms with van der Waals surface area (Å²) in [5.41, 5.74) is 1.42. The first-order chi connectivity index (χ1) is 15.0. The molecule has 0 atom stereocenters. The number of rotatable bonds is 9. The van der Waals surface area contributed by atoms with E-state index >= 15 is 0 Å². The zero-order valence-corrected chi connectivity index (χ0v) is 17.9. The highest BCUT2D eigenvalue weighted by molar-refractivity contribution is 8.18. The highest BCUT2D eigenvalue weighted by Gasteiger charge is 2.36. The number of thioether (sulfide) groups is 1. The number of unbranched alkanes of at least 4 members (excludes halogenated alkanes) is 1. The van der Waals surface area contributed by atoms with Gasteiger partial charge in [-0.15, -0.1) is 0 Å². The van der Waals surface area contributed by atoms with Crippen molar-refractivity contribution in [2.24, 2.45) is 0 Å². The smallest absolute Gasteiger partial charge is 0.294 e. The number of nitrogens with zero attached hydrogens (tertiary/aromatic N) is 1. The second-order valence-corrected chi connectivity index (χ2v) is 7.92. The van der Waals surface area contributed by atoms with Crippen molar-refractivity contribution in [3.8, 4) is 5.75 Å². The third-order valence-corrected chi connectivity index (χ3v) is 5.45. The van der Waals surface area contributed by atoms with Gasteiger partial charge in [-0.05, 0) is 48.0 Å². The molecule has 8 heteroatoms. The molecule has 0 saturated carbocycles. The summed E-state index contributed by atoms with van der Waals surface area (Å²) in [6.45, 7) is 2.45. The highest BCUT2D eigenvalue weighted by Crippen LogP contribution is 2.34. The van der Waals surface area contributed by atoms with Gasteiger partial charge in [-0.1, -0.05) is 43.7 Å². The second kappa shape index (κ2) is 10.8. The maximum absolute atomic E-state index is 13.1. The van der Waals surface area contributed by atoms with Crippen LogP contribution >= 0.6 is 11.8 Å². The molecule has 3 rings (SSSR count). The number of carbonyl (C=O) groups excluding carboxylic acids is 3. The van der Waals surface area contributed by atoms with Crippen molar-refractivity contribution in [1.29, 1.82) is 0 Å². The zero-order chi connectivity index (χ0) is 22.2. The summed E-state index contributed by atoms with van der Waals surface area (Å²) in [5.74, 6) is -0.663. The number of imide groups is 1. The molecule has 1 aliphatic heterocycles. The summed E-state index contributed by atoms with van der Waals surface area (Å²) < 4.78 is 18.9. The van der Waals surface area contributed by atoms with E-state index in [1.807, 2.05) is 6.92 Å². The topological polar surface area (TPSA) is 75.7 Å². The van der Waals surface area contributed by atoms with Crippen LogP contribution in [0.1, 0.15) is 30.9 Å². The molecule has 162 valence electrons. The van der Waals surface area contributed by atoms with Crippen molar-refractivity contribution in [2.75, 3.05) is 13.1 Å². The van der Waals surface area contributed by atoms with Crippen molar-refractivity contribution < 1.29 is 23.5 Å². The van der Waals surface area contributed by atoms with Crippen LogP contribution in [0.15, 0.2) is 53.4 Å². The second-order valence-electron chi connectivity index (χ2n) is 6.92. The monoisotopic (exact) mass is 442 g/mol. The largest absolute Gasteiger partial charge is 0.488 e. The molecule has 0 radical (unpaired) electrons. The first-order valence-corrected chi connectivity index (χ1v) is 10.8. The first-order valence-electron chi connectivity index (χ1n) is 9.96. The molecular weight excluding hydrogens is 419 g/mol. The number of carbonyl (C=O) groups is 3. The third-order valence-electron chi connectivity index (χ3n) is 4.54. The number of hydrogen-bond donors (Lipinski definition) is 1. The molecule has 1 saturated heterocycles. The fourth-order valence-electron chi connectivity index (χ4n) is 2.85. The van der Waals surface area contributed by atoms with Crippen LogP contribution in [-0.4, -0.2) is 35.0 Å². The van der Waals surface area contributed by atoms with Crippen molar-refractivity contribution in [2.45, 2.75) is 26.4 Å². The van der Waals surface area contributed by atoms with Gasteiger partial charge in [-0.25, -0.2) is 4.39 Å². The molecule has 1 heterocycles. The third kappa shape index (κ3) is 6.18. The van der Waals surface area contributed by atoms with Gasteiger partial charge in [0.25, 0.3) is 11.1 Å². The molecule has 0 aromatic heterocycles. The van der Waals surface area contributed by atoms with Gasteiger partial charge in [-0.2, -0.15) is 0 Å². The zero-order valence-electron chi connectivity index (χ0n) is 17.1. The summed E-state index contributed by atoms with van der Waals surface area (Å²) in [7, 11) is 0. The Morgan fingerprint density at radius 3 is 2.65 bits per heavy atom. The van der Waals surface area contributed by atoms with E-state index in [2.05, 4.69) is 5.32 Å². The van der Waals surface area contributed by atoms with Gasteiger partial charge in [0.1, 0.15) is 24.7 Å². The van der Waals surface area contributed by atoms with Gasteiger partial charge in [-0.3, -0.25) is 19.3 Å². The van der Waals surface area contributed by atoms with Gasteiger partial charge in [0.15, 0.2) is 0 Å². The van der Waals surface area contributed by atoms with E-state index < -0.39 is 11.1 Å². The van der Waals surface area contributed by atoms with Crippen LogP contribution in [0, 0.1) is 5.82 Å². The Balaban J connectivity index is 1.68. The average Bonchev–Trinajstić information content (AvgIpc) is 3.02. The molecule has 1 aliphatic rings. The lowest BCUT2D eigenvalue weighted by atomic mass is 10.1. The van der Waals surface area contributed by atoms with Crippen LogP contribution < -0.4 is 10.1 Å². The van der Waals surface area contributed by atoms with Crippen LogP contribution in [0.2, 0.25) is 0 Å². The summed E-state index contributed by atoms with van der Waals surface area (Å²) in [4.78, 5) is 38.1. The Morgan fingerprint density at radius 1 is 1.16 bits per heavy atom. The predicted molar refractivity (Wildman–Crippen MR) is 118 cm³/mol. The van der Waals surface area contributed by atoms with E-state index in [9.17, 15) is 18.8 Å². The van der Waals surface area contributed by atoms with Crippen molar-refractivity contribution in [1.82, 2.24) is 10.2 Å². The van der Waals surface area contributed by atoms with Crippen LogP contribution in [0.4, 0.5) is 9.18 Å². The molecule has 31 heavy (non-hydrogen) atoms. The minimum absolute atomic E-state index is 0.226. The number of amides is 3. The fraction of sp³-hybridized carbons (Fsp3) is 0.261. The van der Waals surface area contributed by atoms with E-state index in [1.54, 1.807) is 42.5 Å². The van der Waals surface area contributed by atoms with Gasteiger partial charge < -0.3 is 10.1 Å². The van der Waals surface area contributed by atoms with Crippen LogP contribution in [0.5, 0.6) is 5.75 Å². The summed E-state index contributed by atoms with van der Waals surface area (Å²) in [6, 6.07) is 13.1. The lowest BCUT2D eigenvalue weighted by Gasteiger charge is -2.12. The SMILES string of the molecule is CCCCNC(=O)CN1C(=O)S/C(=C\c2ccccc2OCc2ccc(F)cc2)C1=O. The molecule has 2 aromatic carbocycles. The Bertz CT molecular complexity index is 991. The lowest BCUT2D eigenvalue weighted by molar-refractivity contribution is -0.129. The minimum atomic E-state index is -0.506. The Morgan fingerprint density at radius 2 is 1.90 bits per heavy atom. The fourth-order valence-corrected chi connectivity index (χ4v) is 3.68. The van der Waals surface area contributed by atoms with Crippen LogP contribution in [-0.2, 0) is 16.2 Å². The number of hydrogen-bond acceptors (Lipinski definition) is 5. The predicted octanol–water partition coefficient (Wildman–Crippen LogP) is 4.36. The number of para-hydroxylation sites is 1. The van der Waals surface area contributed by atoms with Gasteiger partial charge >= 0.3 is 0 Å². The molecule has 0 spiro atoms. The van der Waals surface area contributed by atoms with Gasteiger partial charge in [0.05, 0.1) is 4.91 Å². The molecule has 0 bridgehead atoms. The lowest BCUT2D eigenvalue weighted by Crippen LogP contribution is -2.39. The number of ether oxygens (including phenoxy) is 1. The summed E-state index contributed by atoms with van der Waals surface area (Å²) in [5, 5.41) is 2.22. The molecular formula is C23H23FN2O4S. The van der Waals surface area contributed by atoms with Gasteiger partial charge in [0.2, 0.25) is 5.91 Å². The van der Waals surface area contributed by atoms with E-state index in [0.29, 0.717) is 17.9 Å². The Labute approximate surface area is 184 Å². The highest BCUT2D eigenvalue weighted by atomic mass is 32.2. The number of halogens is 1. The standard InChI is InChI=1S/C23H23FN2O4S/c1-2-3-12-25-21(27)14-26-22(28)20(31-23(26)29)13-17-6-4-5-7-19(17)30-15-16-8-10-18(24)11-9-16/h4-11,13H,2-3,12,14-15H2,1H3,(H,25,27)/b20-13-. The van der Waals surface area contributed by atoms with Crippen LogP contribution in [0.25, 0.3) is 6.08 Å². The molecule has 6 nitrogen and oxygen atoms in total. The van der Waals surface area contributed by atoms with Crippen molar-refractivity contribution in [3.63, 3.8) is 0 Å². The minimum Gasteiger partial charge on any atom is -0.488 e. The Kier molecular flexibility index (Phi) is 7.83. The van der Waals surface area contributed by atoms with Crippen LogP contribution in [0.3, 0.4) is 0 Å². The Hall–Kier alpha value is -3.13. The van der Waals surface area contributed by atoms with E-state index in [-0.39, 0.29) is 29.8 Å². The summed E-state index contributed by atoms with van der Waals surface area (Å²) in [6.07, 6.45) is 3.36. The first kappa shape index (κ1) is 22.6. The molecule has 0 aliphatic carbocycles. The average molecular weight is 443 g/mol. The molecule has 3 amide bonds. The van der Waals surface area contributed by atoms with Crippen molar-refractivity contribution >= 4 is 34.9 Å². The molecule has 1 N–H and O–H groups in total. The number of nitrogens with one attached hydrogen (secondary N) is 1. The number of benzene rings is 2. The normalized spacial score (nSPS) is 14.9. The summed E-state index contributed by atoms with van der Waals surface area (Å²) >= 11 is 0.793. The van der Waals surface area contributed by atoms with E-state index in [0.717, 1.165) is 35.1 Å². The van der Waals surface area contributed by atoms with E-state index in [4.69, 9.17) is 4.74 Å². The maximum atomic E-state index is 13.1. The molecule has 0 unspecified atom stereocenters.